The molecule has 0 aliphatic carbocycles. The summed E-state index contributed by atoms with van der Waals surface area (Å²) in [5.74, 6) is 0.786. The molecule has 1 fully saturated rings. The maximum absolute atomic E-state index is 13.0. The Hall–Kier alpha value is -2.25. The summed E-state index contributed by atoms with van der Waals surface area (Å²) in [4.78, 5) is 30.9. The molecule has 2 aromatic rings. The van der Waals surface area contributed by atoms with E-state index in [1.807, 2.05) is 26.0 Å². The molecule has 1 aromatic heterocycles. The predicted octanol–water partition coefficient (Wildman–Crippen LogP) is 4.11. The number of methoxy groups -OCH3 is 1. The van der Waals surface area contributed by atoms with Crippen molar-refractivity contribution in [2.75, 3.05) is 39.9 Å². The predicted molar refractivity (Wildman–Crippen MR) is 115 cm³/mol. The topological polar surface area (TPSA) is 59.1 Å². The van der Waals surface area contributed by atoms with Gasteiger partial charge < -0.3 is 19.3 Å². The van der Waals surface area contributed by atoms with Crippen molar-refractivity contribution in [3.63, 3.8) is 0 Å². The SMILES string of the molecule is CCCOc1c(Cl)cc(C(=O)N2CCN(C(=O)c3ccc(C)s3)CC2)cc1OC. The zero-order chi connectivity index (χ0) is 21.0. The number of aryl methyl sites for hydroxylation is 1. The van der Waals surface area contributed by atoms with Gasteiger partial charge in [-0.25, -0.2) is 0 Å². The smallest absolute Gasteiger partial charge is 0.264 e. The zero-order valence-corrected chi connectivity index (χ0v) is 18.4. The highest BCUT2D eigenvalue weighted by molar-refractivity contribution is 7.13. The Morgan fingerprint density at radius 1 is 1.10 bits per heavy atom. The summed E-state index contributed by atoms with van der Waals surface area (Å²) in [6.45, 7) is 6.46. The summed E-state index contributed by atoms with van der Waals surface area (Å²) < 4.78 is 11.0. The molecular formula is C21H25ClN2O4S. The number of carbonyl (C=O) groups excluding carboxylic acids is 2. The average molecular weight is 437 g/mol. The third-order valence-corrected chi connectivity index (χ3v) is 6.00. The van der Waals surface area contributed by atoms with Crippen LogP contribution in [-0.4, -0.2) is 61.5 Å². The average Bonchev–Trinajstić information content (AvgIpc) is 3.17. The van der Waals surface area contributed by atoms with Crippen molar-refractivity contribution in [3.8, 4) is 11.5 Å². The summed E-state index contributed by atoms with van der Waals surface area (Å²) in [7, 11) is 1.52. The minimum Gasteiger partial charge on any atom is -0.493 e. The molecule has 1 aliphatic rings. The van der Waals surface area contributed by atoms with Crippen LogP contribution in [0.4, 0.5) is 0 Å². The second-order valence-electron chi connectivity index (χ2n) is 6.83. The zero-order valence-electron chi connectivity index (χ0n) is 16.9. The Balaban J connectivity index is 1.67. The second-order valence-corrected chi connectivity index (χ2v) is 8.53. The van der Waals surface area contributed by atoms with Crippen molar-refractivity contribution < 1.29 is 19.1 Å². The number of hydrogen-bond acceptors (Lipinski definition) is 5. The number of halogens is 1. The molecule has 0 unspecified atom stereocenters. The van der Waals surface area contributed by atoms with Gasteiger partial charge in [0.15, 0.2) is 11.5 Å². The van der Waals surface area contributed by atoms with Gasteiger partial charge in [0.05, 0.1) is 23.6 Å². The largest absolute Gasteiger partial charge is 0.493 e. The molecule has 1 aliphatic heterocycles. The summed E-state index contributed by atoms with van der Waals surface area (Å²) in [5, 5.41) is 0.350. The Morgan fingerprint density at radius 3 is 2.31 bits per heavy atom. The molecule has 1 saturated heterocycles. The van der Waals surface area contributed by atoms with E-state index >= 15 is 0 Å². The molecule has 8 heteroatoms. The minimum absolute atomic E-state index is 0.0253. The number of amides is 2. The van der Waals surface area contributed by atoms with E-state index in [4.69, 9.17) is 21.1 Å². The number of piperazine rings is 1. The van der Waals surface area contributed by atoms with E-state index in [1.165, 1.54) is 18.4 Å². The molecule has 0 spiro atoms. The number of benzene rings is 1. The lowest BCUT2D eigenvalue weighted by Crippen LogP contribution is -2.50. The van der Waals surface area contributed by atoms with Gasteiger partial charge in [0.25, 0.3) is 11.8 Å². The molecule has 0 bridgehead atoms. The van der Waals surface area contributed by atoms with E-state index in [-0.39, 0.29) is 11.8 Å². The van der Waals surface area contributed by atoms with Gasteiger partial charge in [-0.1, -0.05) is 18.5 Å². The fraction of sp³-hybridized carbons (Fsp3) is 0.429. The monoisotopic (exact) mass is 436 g/mol. The van der Waals surface area contributed by atoms with Crippen molar-refractivity contribution in [2.45, 2.75) is 20.3 Å². The van der Waals surface area contributed by atoms with Gasteiger partial charge >= 0.3 is 0 Å². The fourth-order valence-corrected chi connectivity index (χ4v) is 4.29. The molecule has 0 saturated carbocycles. The quantitative estimate of drug-likeness (QED) is 0.683. The number of nitrogens with zero attached hydrogens (tertiary/aromatic N) is 2. The lowest BCUT2D eigenvalue weighted by molar-refractivity contribution is 0.0538. The molecule has 0 atom stereocenters. The standard InChI is InChI=1S/C21H25ClN2O4S/c1-4-11-28-19-16(22)12-15(13-17(19)27-3)20(25)23-7-9-24(10-8-23)21(26)18-6-5-14(2)29-18/h5-6,12-13H,4,7-11H2,1-3H3. The second kappa shape index (κ2) is 9.50. The number of hydrogen-bond donors (Lipinski definition) is 0. The van der Waals surface area contributed by atoms with Gasteiger partial charge in [-0.05, 0) is 37.6 Å². The molecular weight excluding hydrogens is 412 g/mol. The maximum Gasteiger partial charge on any atom is 0.264 e. The van der Waals surface area contributed by atoms with Gasteiger partial charge in [0, 0.05) is 36.6 Å². The molecule has 156 valence electrons. The van der Waals surface area contributed by atoms with Gasteiger partial charge in [0.2, 0.25) is 0 Å². The van der Waals surface area contributed by atoms with Crippen molar-refractivity contribution in [3.05, 3.63) is 44.6 Å². The van der Waals surface area contributed by atoms with Crippen LogP contribution in [0.1, 0.15) is 38.3 Å². The van der Waals surface area contributed by atoms with Crippen molar-refractivity contribution >= 4 is 34.8 Å². The molecule has 3 rings (SSSR count). The highest BCUT2D eigenvalue weighted by Crippen LogP contribution is 2.37. The van der Waals surface area contributed by atoms with Gasteiger partial charge in [0.1, 0.15) is 0 Å². The van der Waals surface area contributed by atoms with Crippen molar-refractivity contribution in [1.82, 2.24) is 9.80 Å². The third-order valence-electron chi connectivity index (χ3n) is 4.73. The normalized spacial score (nSPS) is 14.1. The number of thiophene rings is 1. The molecule has 0 radical (unpaired) electrons. The van der Waals surface area contributed by atoms with Crippen LogP contribution >= 0.6 is 22.9 Å². The molecule has 1 aromatic carbocycles. The molecule has 29 heavy (non-hydrogen) atoms. The van der Waals surface area contributed by atoms with E-state index in [2.05, 4.69) is 0 Å². The van der Waals surface area contributed by atoms with Gasteiger partial charge in [-0.15, -0.1) is 11.3 Å². The van der Waals surface area contributed by atoms with E-state index < -0.39 is 0 Å². The number of ether oxygens (including phenoxy) is 2. The van der Waals surface area contributed by atoms with Gasteiger partial charge in [-0.2, -0.15) is 0 Å². The van der Waals surface area contributed by atoms with Crippen LogP contribution in [0.3, 0.4) is 0 Å². The van der Waals surface area contributed by atoms with Crippen LogP contribution in [0.2, 0.25) is 5.02 Å². The number of rotatable bonds is 6. The van der Waals surface area contributed by atoms with Crippen LogP contribution in [0.25, 0.3) is 0 Å². The van der Waals surface area contributed by atoms with Crippen LogP contribution in [0.15, 0.2) is 24.3 Å². The lowest BCUT2D eigenvalue weighted by atomic mass is 10.1. The molecule has 2 heterocycles. The summed E-state index contributed by atoms with van der Waals surface area (Å²) in [6, 6.07) is 7.08. The Labute approximate surface area is 180 Å². The summed E-state index contributed by atoms with van der Waals surface area (Å²) in [5.41, 5.74) is 0.448. The first-order valence-electron chi connectivity index (χ1n) is 9.60. The molecule has 2 amide bonds. The van der Waals surface area contributed by atoms with E-state index in [0.29, 0.717) is 54.9 Å². The maximum atomic E-state index is 13.0. The Bertz CT molecular complexity index is 891. The first kappa shape index (κ1) is 21.5. The van der Waals surface area contributed by atoms with E-state index in [0.717, 1.165) is 16.2 Å². The van der Waals surface area contributed by atoms with E-state index in [1.54, 1.807) is 21.9 Å². The van der Waals surface area contributed by atoms with Crippen LogP contribution in [-0.2, 0) is 0 Å². The van der Waals surface area contributed by atoms with Crippen molar-refractivity contribution in [2.24, 2.45) is 0 Å². The summed E-state index contributed by atoms with van der Waals surface area (Å²) in [6.07, 6.45) is 0.841. The first-order chi connectivity index (χ1) is 13.9. The fourth-order valence-electron chi connectivity index (χ4n) is 3.19. The minimum atomic E-state index is -0.133. The highest BCUT2D eigenvalue weighted by atomic mass is 35.5. The molecule has 0 N–H and O–H groups in total. The Morgan fingerprint density at radius 2 is 1.76 bits per heavy atom. The van der Waals surface area contributed by atoms with Crippen molar-refractivity contribution in [1.29, 1.82) is 0 Å². The van der Waals surface area contributed by atoms with E-state index in [9.17, 15) is 9.59 Å². The molecule has 6 nitrogen and oxygen atoms in total. The third kappa shape index (κ3) is 4.85. The first-order valence-corrected chi connectivity index (χ1v) is 10.8. The van der Waals surface area contributed by atoms with Crippen LogP contribution in [0, 0.1) is 6.92 Å². The summed E-state index contributed by atoms with van der Waals surface area (Å²) >= 11 is 7.83. The van der Waals surface area contributed by atoms with Crippen LogP contribution < -0.4 is 9.47 Å². The van der Waals surface area contributed by atoms with Gasteiger partial charge in [-0.3, -0.25) is 9.59 Å². The Kier molecular flexibility index (Phi) is 7.03. The highest BCUT2D eigenvalue weighted by Gasteiger charge is 2.27. The van der Waals surface area contributed by atoms with Crippen LogP contribution in [0.5, 0.6) is 11.5 Å². The number of carbonyl (C=O) groups is 2. The lowest BCUT2D eigenvalue weighted by Gasteiger charge is -2.34.